The molecule has 1 aliphatic rings. The fourth-order valence-electron chi connectivity index (χ4n) is 9.86. The molecular weight excluding hydrogens is 689 g/mol. The van der Waals surface area contributed by atoms with E-state index >= 15 is 0 Å². The molecule has 0 fully saturated rings. The fraction of sp³-hybridized carbons (Fsp3) is 0.0545. The summed E-state index contributed by atoms with van der Waals surface area (Å²) < 4.78 is 4.85. The molecular formula is C55H38N2. The van der Waals surface area contributed by atoms with Crippen LogP contribution >= 0.6 is 0 Å². The molecule has 0 bridgehead atoms. The summed E-state index contributed by atoms with van der Waals surface area (Å²) in [7, 11) is 0. The smallest absolute Gasteiger partial charge is 0.0541 e. The van der Waals surface area contributed by atoms with Crippen LogP contribution in [0.1, 0.15) is 25.0 Å². The maximum Gasteiger partial charge on any atom is 0.0541 e. The van der Waals surface area contributed by atoms with Crippen molar-refractivity contribution < 1.29 is 0 Å². The minimum absolute atomic E-state index is 0.0530. The van der Waals surface area contributed by atoms with Crippen LogP contribution in [0.4, 0.5) is 0 Å². The predicted molar refractivity (Wildman–Crippen MR) is 241 cm³/mol. The standard InChI is InChI=1S/C55H38N2/c1-55(2)49-16-8-5-13-43(49)44-28-27-42(34-50(44)55)57-52-18-10-7-15-46(52)48-33-40(25-30-54(48)57)37-21-19-36(20-22-37)39-24-29-53-47(32-39)45-14-6-9-17-51(45)56(53)41-26-23-35-11-3-4-12-38(35)31-41/h3-34H,1-2H3. The highest BCUT2D eigenvalue weighted by molar-refractivity contribution is 6.12. The SMILES string of the molecule is CC1(C)c2ccccc2-c2ccc(-n3c4ccccc4c4cc(-c5ccc(-c6ccc7c(c6)c6ccccc6n7-c6ccc7ccccc7c6)cc5)ccc43)cc21. The molecule has 9 aromatic carbocycles. The van der Waals surface area contributed by atoms with E-state index in [-0.39, 0.29) is 5.41 Å². The first-order valence-electron chi connectivity index (χ1n) is 19.9. The third kappa shape index (κ3) is 4.71. The summed E-state index contributed by atoms with van der Waals surface area (Å²) in [6.45, 7) is 4.71. The van der Waals surface area contributed by atoms with Gasteiger partial charge in [-0.1, -0.05) is 147 Å². The number of hydrogen-bond acceptors (Lipinski definition) is 0. The lowest BCUT2D eigenvalue weighted by molar-refractivity contribution is 0.660. The van der Waals surface area contributed by atoms with Crippen molar-refractivity contribution in [2.24, 2.45) is 0 Å². The fourth-order valence-corrected chi connectivity index (χ4v) is 9.86. The normalized spacial score (nSPS) is 13.2. The number of para-hydroxylation sites is 2. The second-order valence-electron chi connectivity index (χ2n) is 16.2. The highest BCUT2D eigenvalue weighted by Gasteiger charge is 2.35. The van der Waals surface area contributed by atoms with Gasteiger partial charge in [-0.3, -0.25) is 0 Å². The quantitative estimate of drug-likeness (QED) is 0.171. The van der Waals surface area contributed by atoms with Crippen molar-refractivity contribution >= 4 is 54.4 Å². The number of nitrogens with zero attached hydrogens (tertiary/aromatic N) is 2. The zero-order valence-electron chi connectivity index (χ0n) is 31.9. The Labute approximate surface area is 331 Å². The van der Waals surface area contributed by atoms with Crippen LogP contribution in [0.2, 0.25) is 0 Å². The molecule has 57 heavy (non-hydrogen) atoms. The minimum Gasteiger partial charge on any atom is -0.309 e. The summed E-state index contributed by atoms with van der Waals surface area (Å²) in [6.07, 6.45) is 0. The van der Waals surface area contributed by atoms with Crippen LogP contribution in [0, 0.1) is 0 Å². The molecule has 1 aliphatic carbocycles. The van der Waals surface area contributed by atoms with Crippen molar-refractivity contribution in [2.45, 2.75) is 19.3 Å². The van der Waals surface area contributed by atoms with Crippen LogP contribution < -0.4 is 0 Å². The molecule has 0 saturated carbocycles. The molecule has 2 heteroatoms. The molecule has 11 aromatic rings. The van der Waals surface area contributed by atoms with E-state index in [1.54, 1.807) is 0 Å². The van der Waals surface area contributed by atoms with Gasteiger partial charge in [0.2, 0.25) is 0 Å². The van der Waals surface area contributed by atoms with Crippen molar-refractivity contribution in [3.05, 3.63) is 205 Å². The molecule has 268 valence electrons. The zero-order valence-corrected chi connectivity index (χ0v) is 31.9. The molecule has 0 saturated heterocycles. The van der Waals surface area contributed by atoms with Crippen LogP contribution in [0.3, 0.4) is 0 Å². The van der Waals surface area contributed by atoms with Gasteiger partial charge in [-0.2, -0.15) is 0 Å². The first-order chi connectivity index (χ1) is 28.0. The first kappa shape index (κ1) is 32.1. The number of hydrogen-bond donors (Lipinski definition) is 0. The van der Waals surface area contributed by atoms with Gasteiger partial charge in [0.1, 0.15) is 0 Å². The molecule has 0 aliphatic heterocycles. The number of fused-ring (bicyclic) bond motifs is 10. The highest BCUT2D eigenvalue weighted by atomic mass is 15.0. The Morgan fingerprint density at radius 3 is 1.44 bits per heavy atom. The number of rotatable bonds is 4. The van der Waals surface area contributed by atoms with Crippen molar-refractivity contribution in [2.75, 3.05) is 0 Å². The van der Waals surface area contributed by atoms with Gasteiger partial charge < -0.3 is 9.13 Å². The zero-order chi connectivity index (χ0) is 37.8. The van der Waals surface area contributed by atoms with E-state index in [0.29, 0.717) is 0 Å². The Balaban J connectivity index is 0.922. The average molecular weight is 727 g/mol. The van der Waals surface area contributed by atoms with Gasteiger partial charge in [0.05, 0.1) is 22.1 Å². The third-order valence-corrected chi connectivity index (χ3v) is 12.7. The highest BCUT2D eigenvalue weighted by Crippen LogP contribution is 2.49. The summed E-state index contributed by atoms with van der Waals surface area (Å²) in [5.74, 6) is 0. The second kappa shape index (κ2) is 11.9. The topological polar surface area (TPSA) is 9.86 Å². The van der Waals surface area contributed by atoms with E-state index in [1.807, 2.05) is 0 Å². The maximum atomic E-state index is 2.45. The Hall–Kier alpha value is -7.16. The van der Waals surface area contributed by atoms with Gasteiger partial charge >= 0.3 is 0 Å². The molecule has 2 heterocycles. The van der Waals surface area contributed by atoms with E-state index in [2.05, 4.69) is 217 Å². The molecule has 0 atom stereocenters. The van der Waals surface area contributed by atoms with Gasteiger partial charge in [-0.25, -0.2) is 0 Å². The lowest BCUT2D eigenvalue weighted by Gasteiger charge is -2.22. The summed E-state index contributed by atoms with van der Waals surface area (Å²) in [5.41, 5.74) is 17.6. The predicted octanol–water partition coefficient (Wildman–Crippen LogP) is 14.7. The molecule has 0 amide bonds. The monoisotopic (exact) mass is 726 g/mol. The molecule has 12 rings (SSSR count). The summed E-state index contributed by atoms with van der Waals surface area (Å²) in [5, 5.41) is 7.57. The van der Waals surface area contributed by atoms with Gasteiger partial charge in [0, 0.05) is 38.3 Å². The van der Waals surface area contributed by atoms with Crippen molar-refractivity contribution in [1.82, 2.24) is 9.13 Å². The summed E-state index contributed by atoms with van der Waals surface area (Å²) in [6, 6.07) is 71.9. The molecule has 2 aromatic heterocycles. The largest absolute Gasteiger partial charge is 0.309 e. The molecule has 0 N–H and O–H groups in total. The van der Waals surface area contributed by atoms with Gasteiger partial charge in [-0.15, -0.1) is 0 Å². The van der Waals surface area contributed by atoms with Crippen LogP contribution in [-0.2, 0) is 5.41 Å². The van der Waals surface area contributed by atoms with E-state index in [4.69, 9.17) is 0 Å². The number of aromatic nitrogens is 2. The van der Waals surface area contributed by atoms with E-state index in [1.165, 1.54) is 110 Å². The second-order valence-corrected chi connectivity index (χ2v) is 16.2. The lowest BCUT2D eigenvalue weighted by atomic mass is 9.82. The van der Waals surface area contributed by atoms with Crippen LogP contribution in [-0.4, -0.2) is 9.13 Å². The van der Waals surface area contributed by atoms with Crippen LogP contribution in [0.25, 0.3) is 99.1 Å². The van der Waals surface area contributed by atoms with Crippen LogP contribution in [0.5, 0.6) is 0 Å². The van der Waals surface area contributed by atoms with Gasteiger partial charge in [0.25, 0.3) is 0 Å². The van der Waals surface area contributed by atoms with Crippen LogP contribution in [0.15, 0.2) is 194 Å². The third-order valence-electron chi connectivity index (χ3n) is 12.7. The lowest BCUT2D eigenvalue weighted by Crippen LogP contribution is -2.15. The van der Waals surface area contributed by atoms with E-state index in [9.17, 15) is 0 Å². The molecule has 0 spiro atoms. The molecule has 2 nitrogen and oxygen atoms in total. The Bertz CT molecular complexity index is 3430. The van der Waals surface area contributed by atoms with Gasteiger partial charge in [-0.05, 0) is 116 Å². The average Bonchev–Trinajstić information content (AvgIpc) is 3.86. The summed E-state index contributed by atoms with van der Waals surface area (Å²) >= 11 is 0. The first-order valence-corrected chi connectivity index (χ1v) is 19.9. The van der Waals surface area contributed by atoms with E-state index in [0.717, 1.165) is 0 Å². The number of benzene rings is 9. The van der Waals surface area contributed by atoms with Crippen molar-refractivity contribution in [3.63, 3.8) is 0 Å². The maximum absolute atomic E-state index is 2.45. The van der Waals surface area contributed by atoms with Crippen molar-refractivity contribution in [3.8, 4) is 44.8 Å². The Morgan fingerprint density at radius 1 is 0.316 bits per heavy atom. The van der Waals surface area contributed by atoms with E-state index < -0.39 is 0 Å². The minimum atomic E-state index is -0.0530. The Kier molecular flexibility index (Phi) is 6.72. The molecule has 0 radical (unpaired) electrons. The van der Waals surface area contributed by atoms with Crippen molar-refractivity contribution in [1.29, 1.82) is 0 Å². The summed E-state index contributed by atoms with van der Waals surface area (Å²) in [4.78, 5) is 0. The molecule has 0 unspecified atom stereocenters. The van der Waals surface area contributed by atoms with Gasteiger partial charge in [0.15, 0.2) is 0 Å². The Morgan fingerprint density at radius 2 is 0.789 bits per heavy atom.